The van der Waals surface area contributed by atoms with Gasteiger partial charge in [0.1, 0.15) is 0 Å². The van der Waals surface area contributed by atoms with Gasteiger partial charge in [-0.1, -0.05) is 24.1 Å². The number of hydrogen-bond acceptors (Lipinski definition) is 1. The molecule has 0 radical (unpaired) electrons. The molecule has 0 heterocycles. The first kappa shape index (κ1) is 15.0. The Morgan fingerprint density at radius 2 is 2.24 bits per heavy atom. The molecule has 0 aliphatic heterocycles. The van der Waals surface area contributed by atoms with Gasteiger partial charge in [0.15, 0.2) is 0 Å². The summed E-state index contributed by atoms with van der Waals surface area (Å²) in [6.45, 7) is 9.13. The van der Waals surface area contributed by atoms with Crippen molar-refractivity contribution in [3.8, 4) is 0 Å². The number of benzene rings is 1. The van der Waals surface area contributed by atoms with Gasteiger partial charge >= 0.3 is 0 Å². The van der Waals surface area contributed by atoms with E-state index in [-0.39, 0.29) is 0 Å². The summed E-state index contributed by atoms with van der Waals surface area (Å²) in [5.74, 6) is 0. The van der Waals surface area contributed by atoms with Crippen molar-refractivity contribution in [1.29, 1.82) is 0 Å². The van der Waals surface area contributed by atoms with E-state index in [0.717, 1.165) is 24.4 Å². The molecular formula is C14H19ClIN. The Kier molecular flexibility index (Phi) is 6.52. The Hall–Kier alpha value is -0.0600. The lowest BCUT2D eigenvalue weighted by Crippen LogP contribution is -2.21. The first-order chi connectivity index (χ1) is 8.04. The van der Waals surface area contributed by atoms with E-state index in [9.17, 15) is 0 Å². The van der Waals surface area contributed by atoms with Crippen LogP contribution in [0.4, 0.5) is 0 Å². The molecule has 0 saturated carbocycles. The monoisotopic (exact) mass is 363 g/mol. The van der Waals surface area contributed by atoms with E-state index in [1.165, 1.54) is 14.7 Å². The minimum absolute atomic E-state index is 0.363. The predicted octanol–water partition coefficient (Wildman–Crippen LogP) is 4.95. The molecule has 1 atom stereocenters. The summed E-state index contributed by atoms with van der Waals surface area (Å²) in [6, 6.07) is 6.44. The van der Waals surface area contributed by atoms with Gasteiger partial charge in [-0.25, -0.2) is 0 Å². The van der Waals surface area contributed by atoms with Crippen LogP contribution in [0.25, 0.3) is 0 Å². The van der Waals surface area contributed by atoms with Gasteiger partial charge in [0.05, 0.1) is 0 Å². The van der Waals surface area contributed by atoms with Gasteiger partial charge in [0.25, 0.3) is 0 Å². The van der Waals surface area contributed by atoms with Crippen molar-refractivity contribution in [2.75, 3.05) is 6.54 Å². The molecule has 1 aromatic rings. The lowest BCUT2D eigenvalue weighted by atomic mass is 10.00. The standard InChI is InChI=1S/C14H19ClIN/c1-4-17-14(8-5-10(2)3)12-9-11(15)6-7-13(12)16/h6-7,9,14,17H,2,4-5,8H2,1,3H3. The van der Waals surface area contributed by atoms with Crippen LogP contribution in [0.3, 0.4) is 0 Å². The zero-order chi connectivity index (χ0) is 12.8. The maximum absolute atomic E-state index is 6.08. The second kappa shape index (κ2) is 7.39. The van der Waals surface area contributed by atoms with E-state index < -0.39 is 0 Å². The lowest BCUT2D eigenvalue weighted by molar-refractivity contribution is 0.513. The molecule has 0 aromatic heterocycles. The average Bonchev–Trinajstić information content (AvgIpc) is 2.27. The Labute approximate surface area is 123 Å². The third-order valence-electron chi connectivity index (χ3n) is 2.64. The third kappa shape index (κ3) is 4.98. The quantitative estimate of drug-likeness (QED) is 0.557. The fourth-order valence-corrected chi connectivity index (χ4v) is 2.68. The molecule has 3 heteroatoms. The summed E-state index contributed by atoms with van der Waals surface area (Å²) >= 11 is 8.44. The van der Waals surface area contributed by atoms with E-state index >= 15 is 0 Å². The minimum Gasteiger partial charge on any atom is -0.310 e. The normalized spacial score (nSPS) is 12.5. The van der Waals surface area contributed by atoms with Crippen molar-refractivity contribution in [1.82, 2.24) is 5.32 Å². The minimum atomic E-state index is 0.363. The Morgan fingerprint density at radius 1 is 1.53 bits per heavy atom. The zero-order valence-electron chi connectivity index (χ0n) is 10.4. The highest BCUT2D eigenvalue weighted by atomic mass is 127. The molecule has 1 unspecified atom stereocenters. The predicted molar refractivity (Wildman–Crippen MR) is 84.6 cm³/mol. The van der Waals surface area contributed by atoms with Crippen molar-refractivity contribution in [2.24, 2.45) is 0 Å². The topological polar surface area (TPSA) is 12.0 Å². The number of rotatable bonds is 6. The first-order valence-electron chi connectivity index (χ1n) is 5.87. The fourth-order valence-electron chi connectivity index (χ4n) is 1.79. The second-order valence-corrected chi connectivity index (χ2v) is 5.87. The van der Waals surface area contributed by atoms with Crippen LogP contribution in [0.15, 0.2) is 30.4 Å². The molecule has 0 amide bonds. The SMILES string of the molecule is C=C(C)CCC(NCC)c1cc(Cl)ccc1I. The molecule has 1 rings (SSSR count). The average molecular weight is 364 g/mol. The van der Waals surface area contributed by atoms with Gasteiger partial charge in [-0.15, -0.1) is 6.58 Å². The molecular weight excluding hydrogens is 345 g/mol. The molecule has 0 aliphatic rings. The van der Waals surface area contributed by atoms with Crippen LogP contribution >= 0.6 is 34.2 Å². The number of allylic oxidation sites excluding steroid dienone is 1. The third-order valence-corrected chi connectivity index (χ3v) is 3.86. The van der Waals surface area contributed by atoms with Crippen LogP contribution < -0.4 is 5.32 Å². The first-order valence-corrected chi connectivity index (χ1v) is 7.33. The van der Waals surface area contributed by atoms with E-state index in [2.05, 4.69) is 60.5 Å². The number of nitrogens with one attached hydrogen (secondary N) is 1. The van der Waals surface area contributed by atoms with Crippen LogP contribution in [0.1, 0.15) is 38.3 Å². The van der Waals surface area contributed by atoms with Gasteiger partial charge in [-0.3, -0.25) is 0 Å². The van der Waals surface area contributed by atoms with E-state index in [0.29, 0.717) is 6.04 Å². The summed E-state index contributed by atoms with van der Waals surface area (Å²) in [7, 11) is 0. The highest BCUT2D eigenvalue weighted by Crippen LogP contribution is 2.27. The highest BCUT2D eigenvalue weighted by Gasteiger charge is 2.13. The summed E-state index contributed by atoms with van der Waals surface area (Å²) in [5.41, 5.74) is 2.52. The Bertz CT molecular complexity index is 390. The van der Waals surface area contributed by atoms with Crippen LogP contribution in [-0.4, -0.2) is 6.54 Å². The molecule has 17 heavy (non-hydrogen) atoms. The van der Waals surface area contributed by atoms with E-state index in [1.807, 2.05) is 6.07 Å². The smallest absolute Gasteiger partial charge is 0.0410 e. The van der Waals surface area contributed by atoms with E-state index in [1.54, 1.807) is 0 Å². The van der Waals surface area contributed by atoms with Crippen molar-refractivity contribution in [3.63, 3.8) is 0 Å². The van der Waals surface area contributed by atoms with Crippen LogP contribution in [-0.2, 0) is 0 Å². The summed E-state index contributed by atoms with van der Waals surface area (Å²) in [5, 5.41) is 4.32. The maximum atomic E-state index is 6.08. The van der Waals surface area contributed by atoms with Crippen LogP contribution in [0.2, 0.25) is 5.02 Å². The van der Waals surface area contributed by atoms with Crippen LogP contribution in [0.5, 0.6) is 0 Å². The molecule has 0 fully saturated rings. The summed E-state index contributed by atoms with van der Waals surface area (Å²) in [6.07, 6.45) is 2.11. The van der Waals surface area contributed by atoms with Crippen molar-refractivity contribution in [3.05, 3.63) is 44.5 Å². The summed E-state index contributed by atoms with van der Waals surface area (Å²) < 4.78 is 1.26. The molecule has 1 N–H and O–H groups in total. The number of halogens is 2. The van der Waals surface area contributed by atoms with Gasteiger partial charge in [0, 0.05) is 14.6 Å². The van der Waals surface area contributed by atoms with Crippen molar-refractivity contribution >= 4 is 34.2 Å². The molecule has 1 nitrogen and oxygen atoms in total. The highest BCUT2D eigenvalue weighted by molar-refractivity contribution is 14.1. The molecule has 1 aromatic carbocycles. The van der Waals surface area contributed by atoms with Crippen molar-refractivity contribution < 1.29 is 0 Å². The van der Waals surface area contributed by atoms with Gasteiger partial charge in [-0.05, 0) is 72.7 Å². The molecule has 0 bridgehead atoms. The summed E-state index contributed by atoms with van der Waals surface area (Å²) in [4.78, 5) is 0. The van der Waals surface area contributed by atoms with Gasteiger partial charge < -0.3 is 5.32 Å². The molecule has 0 aliphatic carbocycles. The molecule has 0 saturated heterocycles. The maximum Gasteiger partial charge on any atom is 0.0410 e. The molecule has 0 spiro atoms. The van der Waals surface area contributed by atoms with Gasteiger partial charge in [-0.2, -0.15) is 0 Å². The Balaban J connectivity index is 2.87. The number of hydrogen-bond donors (Lipinski definition) is 1. The van der Waals surface area contributed by atoms with Crippen molar-refractivity contribution in [2.45, 2.75) is 32.7 Å². The zero-order valence-corrected chi connectivity index (χ0v) is 13.3. The lowest BCUT2D eigenvalue weighted by Gasteiger charge is -2.20. The largest absolute Gasteiger partial charge is 0.310 e. The fraction of sp³-hybridized carbons (Fsp3) is 0.429. The van der Waals surface area contributed by atoms with Gasteiger partial charge in [0.2, 0.25) is 0 Å². The van der Waals surface area contributed by atoms with E-state index in [4.69, 9.17) is 11.6 Å². The molecule has 94 valence electrons. The Morgan fingerprint density at radius 3 is 2.82 bits per heavy atom. The second-order valence-electron chi connectivity index (χ2n) is 4.27. The van der Waals surface area contributed by atoms with Crippen LogP contribution in [0, 0.1) is 3.57 Å².